The standard InChI is InChI=1S/C22H29N3O5S/c1-22(31(2)29,21(27)23-28)8-10-25-9-7-19(15-20(25)26)18-5-3-17(4-6-18)16-24-11-13-30-14-12-24/h3-7,9,15,28H,8,10-14,16H2,1-2H3,(H,23,27). The zero-order valence-electron chi connectivity index (χ0n) is 17.9. The van der Waals surface area contributed by atoms with Crippen LogP contribution in [-0.2, 0) is 33.4 Å². The van der Waals surface area contributed by atoms with Gasteiger partial charge in [0.25, 0.3) is 11.5 Å². The summed E-state index contributed by atoms with van der Waals surface area (Å²) in [5.74, 6) is -0.727. The number of benzene rings is 1. The van der Waals surface area contributed by atoms with Crippen molar-refractivity contribution in [3.05, 3.63) is 58.5 Å². The quantitative estimate of drug-likeness (QED) is 0.468. The minimum absolute atomic E-state index is 0.151. The molecular formula is C22H29N3O5S. The van der Waals surface area contributed by atoms with E-state index in [-0.39, 0.29) is 18.5 Å². The average Bonchev–Trinajstić information content (AvgIpc) is 2.78. The summed E-state index contributed by atoms with van der Waals surface area (Å²) in [6.45, 7) is 6.01. The van der Waals surface area contributed by atoms with E-state index in [4.69, 9.17) is 9.94 Å². The first-order valence-corrected chi connectivity index (χ1v) is 11.8. The van der Waals surface area contributed by atoms with Gasteiger partial charge >= 0.3 is 0 Å². The summed E-state index contributed by atoms with van der Waals surface area (Å²) < 4.78 is 17.6. The molecule has 0 aliphatic carbocycles. The number of carbonyl (C=O) groups is 1. The lowest BCUT2D eigenvalue weighted by Gasteiger charge is -2.26. The molecule has 3 rings (SSSR count). The van der Waals surface area contributed by atoms with E-state index in [0.717, 1.165) is 44.0 Å². The molecule has 1 aromatic heterocycles. The van der Waals surface area contributed by atoms with E-state index in [9.17, 15) is 13.8 Å². The molecule has 0 spiro atoms. The third-order valence-electron chi connectivity index (χ3n) is 5.84. The highest BCUT2D eigenvalue weighted by Crippen LogP contribution is 2.21. The van der Waals surface area contributed by atoms with Crippen molar-refractivity contribution in [3.8, 4) is 11.1 Å². The maximum atomic E-state index is 12.6. The van der Waals surface area contributed by atoms with Gasteiger partial charge < -0.3 is 9.30 Å². The number of pyridine rings is 1. The van der Waals surface area contributed by atoms with E-state index in [1.165, 1.54) is 23.3 Å². The van der Waals surface area contributed by atoms with Crippen molar-refractivity contribution in [1.29, 1.82) is 0 Å². The summed E-state index contributed by atoms with van der Waals surface area (Å²) in [7, 11) is -1.52. The lowest BCUT2D eigenvalue weighted by Crippen LogP contribution is -2.47. The van der Waals surface area contributed by atoms with Crippen LogP contribution in [0.5, 0.6) is 0 Å². The van der Waals surface area contributed by atoms with Gasteiger partial charge in [-0.25, -0.2) is 5.48 Å². The fourth-order valence-corrected chi connectivity index (χ4v) is 4.22. The summed E-state index contributed by atoms with van der Waals surface area (Å²) in [6, 6.07) is 11.6. The zero-order valence-corrected chi connectivity index (χ0v) is 18.7. The first-order chi connectivity index (χ1) is 14.8. The van der Waals surface area contributed by atoms with Crippen LogP contribution in [0.3, 0.4) is 0 Å². The molecule has 31 heavy (non-hydrogen) atoms. The molecule has 2 heterocycles. The molecular weight excluding hydrogens is 418 g/mol. The number of carbonyl (C=O) groups excluding carboxylic acids is 1. The zero-order chi connectivity index (χ0) is 22.4. The Morgan fingerprint density at radius 2 is 1.87 bits per heavy atom. The maximum absolute atomic E-state index is 12.6. The van der Waals surface area contributed by atoms with Gasteiger partial charge in [-0.1, -0.05) is 24.3 Å². The third kappa shape index (κ3) is 5.68. The highest BCUT2D eigenvalue weighted by molar-refractivity contribution is 7.86. The van der Waals surface area contributed by atoms with E-state index in [2.05, 4.69) is 17.0 Å². The van der Waals surface area contributed by atoms with Crippen molar-refractivity contribution in [1.82, 2.24) is 14.9 Å². The second-order valence-corrected chi connectivity index (χ2v) is 9.72. The normalized spacial score (nSPS) is 17.6. The van der Waals surface area contributed by atoms with Gasteiger partial charge in [0.1, 0.15) is 4.75 Å². The molecule has 1 saturated heterocycles. The van der Waals surface area contributed by atoms with Gasteiger partial charge in [0.05, 0.1) is 13.2 Å². The van der Waals surface area contributed by atoms with E-state index in [1.807, 2.05) is 18.2 Å². The molecule has 8 nitrogen and oxygen atoms in total. The number of hydroxylamine groups is 1. The van der Waals surface area contributed by atoms with Crippen molar-refractivity contribution in [3.63, 3.8) is 0 Å². The van der Waals surface area contributed by atoms with E-state index in [1.54, 1.807) is 17.7 Å². The number of morpholine rings is 1. The van der Waals surface area contributed by atoms with Gasteiger partial charge in [0, 0.05) is 55.5 Å². The molecule has 9 heteroatoms. The van der Waals surface area contributed by atoms with Crippen LogP contribution in [0.2, 0.25) is 0 Å². The molecule has 0 saturated carbocycles. The number of ether oxygens (including phenoxy) is 1. The van der Waals surface area contributed by atoms with Crippen LogP contribution in [0.4, 0.5) is 0 Å². The predicted octanol–water partition coefficient (Wildman–Crippen LogP) is 1.38. The predicted molar refractivity (Wildman–Crippen MR) is 119 cm³/mol. The van der Waals surface area contributed by atoms with Crippen molar-refractivity contribution >= 4 is 16.7 Å². The van der Waals surface area contributed by atoms with Crippen LogP contribution in [0.25, 0.3) is 11.1 Å². The largest absolute Gasteiger partial charge is 0.379 e. The van der Waals surface area contributed by atoms with Crippen molar-refractivity contribution in [2.75, 3.05) is 32.6 Å². The Bertz CT molecular complexity index is 985. The lowest BCUT2D eigenvalue weighted by atomic mass is 10.0. The second-order valence-electron chi connectivity index (χ2n) is 7.91. The van der Waals surface area contributed by atoms with E-state index in [0.29, 0.717) is 0 Å². The molecule has 2 unspecified atom stereocenters. The first-order valence-electron chi connectivity index (χ1n) is 10.2. The Labute approximate surface area is 184 Å². The van der Waals surface area contributed by atoms with Gasteiger partial charge in [-0.05, 0) is 36.1 Å². The summed E-state index contributed by atoms with van der Waals surface area (Å²) in [5, 5.41) is 8.93. The first kappa shape index (κ1) is 23.3. The topological polar surface area (TPSA) is 101 Å². The molecule has 0 bridgehead atoms. The van der Waals surface area contributed by atoms with Crippen molar-refractivity contribution < 1.29 is 18.9 Å². The Kier molecular flexibility index (Phi) is 7.77. The molecule has 1 aliphatic rings. The molecule has 1 amide bonds. The fourth-order valence-electron chi connectivity index (χ4n) is 3.53. The average molecular weight is 448 g/mol. The Balaban J connectivity index is 1.68. The van der Waals surface area contributed by atoms with Crippen LogP contribution >= 0.6 is 0 Å². The fraction of sp³-hybridized carbons (Fsp3) is 0.455. The Hall–Kier alpha value is -2.33. The monoisotopic (exact) mass is 447 g/mol. The van der Waals surface area contributed by atoms with Crippen LogP contribution in [0, 0.1) is 0 Å². The summed E-state index contributed by atoms with van der Waals surface area (Å²) in [4.78, 5) is 26.9. The molecule has 2 atom stereocenters. The maximum Gasteiger partial charge on any atom is 0.261 e. The number of amides is 1. The highest BCUT2D eigenvalue weighted by Gasteiger charge is 2.37. The number of hydrogen-bond acceptors (Lipinski definition) is 6. The van der Waals surface area contributed by atoms with Crippen LogP contribution in [0.15, 0.2) is 47.4 Å². The lowest BCUT2D eigenvalue weighted by molar-refractivity contribution is -0.131. The van der Waals surface area contributed by atoms with Crippen LogP contribution in [0.1, 0.15) is 18.9 Å². The molecule has 2 N–H and O–H groups in total. The number of nitrogens with zero attached hydrogens (tertiary/aromatic N) is 2. The molecule has 168 valence electrons. The minimum Gasteiger partial charge on any atom is -0.379 e. The van der Waals surface area contributed by atoms with E-state index < -0.39 is 21.5 Å². The minimum atomic E-state index is -1.52. The Morgan fingerprint density at radius 1 is 1.19 bits per heavy atom. The number of aryl methyl sites for hydroxylation is 1. The van der Waals surface area contributed by atoms with Crippen LogP contribution in [-0.4, -0.2) is 62.1 Å². The molecule has 1 aliphatic heterocycles. The number of rotatable bonds is 8. The highest BCUT2D eigenvalue weighted by atomic mass is 32.2. The van der Waals surface area contributed by atoms with Crippen molar-refractivity contribution in [2.24, 2.45) is 0 Å². The van der Waals surface area contributed by atoms with Crippen molar-refractivity contribution in [2.45, 2.75) is 31.2 Å². The molecule has 2 aromatic rings. The van der Waals surface area contributed by atoms with Gasteiger partial charge in [0.2, 0.25) is 0 Å². The Morgan fingerprint density at radius 3 is 2.45 bits per heavy atom. The van der Waals surface area contributed by atoms with Gasteiger partial charge in [0.15, 0.2) is 0 Å². The second kappa shape index (κ2) is 10.3. The number of hydrogen-bond donors (Lipinski definition) is 2. The third-order valence-corrected chi connectivity index (χ3v) is 7.50. The summed E-state index contributed by atoms with van der Waals surface area (Å²) in [5.41, 5.74) is 4.35. The SMILES string of the molecule is CS(=O)C(C)(CCn1ccc(-c2ccc(CN3CCOCC3)cc2)cc1=O)C(=O)NO. The van der Waals surface area contributed by atoms with Crippen LogP contribution < -0.4 is 11.0 Å². The number of nitrogens with one attached hydrogen (secondary N) is 1. The van der Waals surface area contributed by atoms with E-state index >= 15 is 0 Å². The molecule has 1 aromatic carbocycles. The van der Waals surface area contributed by atoms with Gasteiger partial charge in [-0.2, -0.15) is 0 Å². The van der Waals surface area contributed by atoms with Gasteiger partial charge in [-0.3, -0.25) is 23.9 Å². The van der Waals surface area contributed by atoms with Gasteiger partial charge in [-0.15, -0.1) is 0 Å². The number of aromatic nitrogens is 1. The summed E-state index contributed by atoms with van der Waals surface area (Å²) >= 11 is 0. The molecule has 1 fully saturated rings. The summed E-state index contributed by atoms with van der Waals surface area (Å²) in [6.07, 6.45) is 3.23. The smallest absolute Gasteiger partial charge is 0.261 e. The molecule has 0 radical (unpaired) electrons.